The van der Waals surface area contributed by atoms with Gasteiger partial charge in [0.1, 0.15) is 101 Å². The van der Waals surface area contributed by atoms with Gasteiger partial charge in [0, 0.05) is 89.2 Å². The Morgan fingerprint density at radius 1 is 0.482 bits per heavy atom. The van der Waals surface area contributed by atoms with Crippen molar-refractivity contribution in [3.63, 3.8) is 0 Å². The van der Waals surface area contributed by atoms with Gasteiger partial charge in [-0.25, -0.2) is 42.5 Å². The number of fused-ring (bicyclic) bond motifs is 7. The first-order valence-corrected chi connectivity index (χ1v) is 43.2. The van der Waals surface area contributed by atoms with Gasteiger partial charge in [0.25, 0.3) is 27.8 Å². The Labute approximate surface area is 659 Å². The summed E-state index contributed by atoms with van der Waals surface area (Å²) >= 11 is 7.63. The molecular formula is C82H74ClF4IN14O8Si2. The molecule has 15 aromatic heterocycles. The molecule has 16 heterocycles. The predicted octanol–water partition coefficient (Wildman–Crippen LogP) is 14.7. The molecule has 0 amide bonds. The Morgan fingerprint density at radius 3 is 1.29 bits per heavy atom. The van der Waals surface area contributed by atoms with Crippen molar-refractivity contribution >= 4 is 101 Å². The van der Waals surface area contributed by atoms with Crippen LogP contribution in [0.2, 0.25) is 44.4 Å². The van der Waals surface area contributed by atoms with Crippen LogP contribution in [0.4, 0.5) is 17.6 Å². The molecule has 0 radical (unpaired) electrons. The number of terminal acetylenes is 2. The summed E-state index contributed by atoms with van der Waals surface area (Å²) in [7, 11) is -2.61. The SMILES string of the molecule is C#C[Si](C)(C)C.C#Cc1cc(=O)n2cc(F)ccc2n1.C[Si](C)(C)C#Cc1cc(=O)n2cc(F)ccc2n1.Cc1cc(I)c(O)c(C)n1.Cc1cc2cc(-c3cc(=O)n4cc(C5CCNCC5)ccc4n3)oc2c(C)n1.Cc1cc2cc(-c3cc(=O)n4cc(F)ccc4n3)oc2c(C)n1.O=c1cc(Cl)nc2ccc(F)cn12. The zero-order valence-corrected chi connectivity index (χ0v) is 67.8. The van der Waals surface area contributed by atoms with E-state index >= 15 is 0 Å². The Morgan fingerprint density at radius 2 is 0.857 bits per heavy atom. The topological polar surface area (TPSA) is 269 Å². The molecule has 1 fully saturated rings. The van der Waals surface area contributed by atoms with Crippen LogP contribution < -0.4 is 33.1 Å². The van der Waals surface area contributed by atoms with Gasteiger partial charge in [0.2, 0.25) is 0 Å². The minimum atomic E-state index is -1.50. The number of aryl methyl sites for hydroxylation is 6. The molecule has 0 saturated carbocycles. The average molecular weight is 1680 g/mol. The van der Waals surface area contributed by atoms with Gasteiger partial charge in [-0.2, -0.15) is 0 Å². The second-order valence-corrected chi connectivity index (χ2v) is 38.9. The third kappa shape index (κ3) is 21.3. The molecule has 112 heavy (non-hydrogen) atoms. The minimum absolute atomic E-state index is 0.0951. The van der Waals surface area contributed by atoms with E-state index in [4.69, 9.17) is 33.3 Å². The highest BCUT2D eigenvalue weighted by Crippen LogP contribution is 2.31. The molecule has 0 unspecified atom stereocenters. The molecular weight excluding hydrogens is 1600 g/mol. The van der Waals surface area contributed by atoms with Crippen molar-refractivity contribution in [2.45, 2.75) is 99.6 Å². The molecule has 2 N–H and O–H groups in total. The zero-order chi connectivity index (χ0) is 81.2. The number of piperidine rings is 1. The lowest BCUT2D eigenvalue weighted by molar-refractivity contribution is 0.459. The van der Waals surface area contributed by atoms with Crippen LogP contribution in [0.15, 0.2) is 185 Å². The predicted molar refractivity (Wildman–Crippen MR) is 440 cm³/mol. The molecule has 0 bridgehead atoms. The lowest BCUT2D eigenvalue weighted by atomic mass is 9.91. The van der Waals surface area contributed by atoms with Gasteiger partial charge in [-0.1, -0.05) is 62.9 Å². The molecule has 1 aliphatic rings. The summed E-state index contributed by atoms with van der Waals surface area (Å²) in [4.78, 5) is 93.3. The van der Waals surface area contributed by atoms with E-state index in [2.05, 4.69) is 136 Å². The first-order valence-electron chi connectivity index (χ1n) is 34.7. The highest BCUT2D eigenvalue weighted by atomic mass is 127. The number of aromatic nitrogens is 13. The number of pyridine rings is 8. The first-order chi connectivity index (χ1) is 53.0. The fourth-order valence-corrected chi connectivity index (χ4v) is 12.7. The van der Waals surface area contributed by atoms with Crippen LogP contribution in [-0.4, -0.2) is 96.2 Å². The molecule has 0 spiro atoms. The van der Waals surface area contributed by atoms with E-state index in [9.17, 15) is 46.6 Å². The highest BCUT2D eigenvalue weighted by Gasteiger charge is 2.19. The second-order valence-electron chi connectivity index (χ2n) is 27.8. The van der Waals surface area contributed by atoms with E-state index in [0.717, 1.165) is 114 Å². The maximum atomic E-state index is 13.2. The number of furan rings is 2. The molecule has 570 valence electrons. The maximum absolute atomic E-state index is 13.2. The van der Waals surface area contributed by atoms with Gasteiger partial charge < -0.3 is 19.3 Å². The van der Waals surface area contributed by atoms with Crippen molar-refractivity contribution in [2.75, 3.05) is 13.1 Å². The van der Waals surface area contributed by atoms with Crippen molar-refractivity contribution in [3.05, 3.63) is 287 Å². The quantitative estimate of drug-likeness (QED) is 0.0547. The Hall–Kier alpha value is -12.1. The number of halogens is 6. The van der Waals surface area contributed by atoms with E-state index in [-0.39, 0.29) is 33.1 Å². The Balaban J connectivity index is 0.000000145. The van der Waals surface area contributed by atoms with Crippen molar-refractivity contribution in [1.29, 1.82) is 0 Å². The number of nitrogens with zero attached hydrogens (tertiary/aromatic N) is 13. The fraction of sp³-hybridized carbons (Fsp3) is 0.207. The fourth-order valence-electron chi connectivity index (χ4n) is 11.2. The van der Waals surface area contributed by atoms with E-state index in [0.29, 0.717) is 79.8 Å². The average Bonchev–Trinajstić information content (AvgIpc) is 1.59. The van der Waals surface area contributed by atoms with Crippen LogP contribution in [0.25, 0.3) is 73.1 Å². The summed E-state index contributed by atoms with van der Waals surface area (Å²) in [6, 6.07) is 30.8. The number of rotatable bonds is 3. The standard InChI is InChI=1S/C22H22N4O2.C17H12FN3O2.C13H13FN2OSi.C10H5FN2O.C8H4ClFN2O.C7H8INO.C5H10Si/c1-13-9-17-10-19(28-22(17)14(2)24-13)18-11-21(27)26-12-16(3-4-20(26)25-18)15-5-7-23-8-6-15;1-9-5-11-6-14(23-17(11)10(2)19-9)13-7-16(22)21-8-12(18)3-4-15(21)20-13;1-18(2,3)7-6-11-8-13(17)16-9-10(14)4-5-12(16)15-11;1-2-8-5-10(14)13-6-7(11)3-4-9(13)12-8;9-6-3-8(13)12-4-5(10)1-2-7(12)11-6;1-4-3-6(8)7(10)5(2)9-4;1-5-6(2,3)4/h3-4,9-12,15,23H,5-8H2,1-2H3;3-8H,1-2H3;4-5,8-9H,1-3H3;1,3-6H;1-4H;3,10H,1-2H3;1H,2-4H3. The van der Waals surface area contributed by atoms with E-state index in [1.165, 1.54) is 81.1 Å². The molecule has 30 heteroatoms. The van der Waals surface area contributed by atoms with Gasteiger partial charge in [-0.3, -0.25) is 60.9 Å². The maximum Gasteiger partial charge on any atom is 0.259 e. The van der Waals surface area contributed by atoms with Gasteiger partial charge in [-0.15, -0.1) is 23.9 Å². The van der Waals surface area contributed by atoms with E-state index < -0.39 is 45.0 Å². The molecule has 0 atom stereocenters. The van der Waals surface area contributed by atoms with E-state index in [1.54, 1.807) is 17.4 Å². The normalized spacial score (nSPS) is 11.9. The van der Waals surface area contributed by atoms with Crippen LogP contribution in [0.3, 0.4) is 0 Å². The third-order valence-electron chi connectivity index (χ3n) is 16.5. The largest absolute Gasteiger partial charge is 0.505 e. The molecule has 1 saturated heterocycles. The monoisotopic (exact) mass is 1680 g/mol. The third-order valence-corrected chi connectivity index (χ3v) is 19.2. The molecule has 0 aliphatic carbocycles. The summed E-state index contributed by atoms with van der Waals surface area (Å²) in [5, 5.41) is 14.6. The minimum Gasteiger partial charge on any atom is -0.505 e. The summed E-state index contributed by atoms with van der Waals surface area (Å²) in [5.41, 5.74) is 15.8. The number of aromatic hydroxyl groups is 1. The lowest BCUT2D eigenvalue weighted by Gasteiger charge is -2.23. The molecule has 22 nitrogen and oxygen atoms in total. The van der Waals surface area contributed by atoms with E-state index in [1.807, 2.05) is 77.2 Å². The summed E-state index contributed by atoms with van der Waals surface area (Å²) in [6.07, 6.45) is 18.7. The first kappa shape index (κ1) is 82.4. The lowest BCUT2D eigenvalue weighted by Crippen LogP contribution is -2.27. The number of hydrogen-bond donors (Lipinski definition) is 2. The molecule has 1 aliphatic heterocycles. The molecule has 15 aromatic rings. The Kier molecular flexibility index (Phi) is 26.0. The van der Waals surface area contributed by atoms with Gasteiger partial charge in [-0.05, 0) is 192 Å². The van der Waals surface area contributed by atoms with Crippen LogP contribution >= 0.6 is 34.2 Å². The van der Waals surface area contributed by atoms with Crippen molar-refractivity contribution in [2.24, 2.45) is 0 Å². The van der Waals surface area contributed by atoms with Crippen molar-refractivity contribution < 1.29 is 31.5 Å². The van der Waals surface area contributed by atoms with Gasteiger partial charge >= 0.3 is 0 Å². The summed E-state index contributed by atoms with van der Waals surface area (Å²) < 4.78 is 70.6. The van der Waals surface area contributed by atoms with Crippen molar-refractivity contribution in [3.8, 4) is 64.4 Å². The van der Waals surface area contributed by atoms with Crippen LogP contribution in [0.1, 0.15) is 69.9 Å². The van der Waals surface area contributed by atoms with Crippen molar-refractivity contribution in [1.82, 2.24) is 67.2 Å². The summed E-state index contributed by atoms with van der Waals surface area (Å²) in [6.45, 7) is 26.2. The van der Waals surface area contributed by atoms with Crippen LogP contribution in [0, 0.1) is 104 Å². The van der Waals surface area contributed by atoms with Gasteiger partial charge in [0.05, 0.1) is 20.7 Å². The van der Waals surface area contributed by atoms with Crippen LogP contribution in [0.5, 0.6) is 5.75 Å². The second kappa shape index (κ2) is 35.3. The summed E-state index contributed by atoms with van der Waals surface area (Å²) in [5.74, 6) is 5.11. The number of hydrogen-bond acceptors (Lipinski definition) is 17. The molecule has 0 aromatic carbocycles. The molecule has 16 rings (SSSR count). The number of nitrogens with one attached hydrogen (secondary N) is 1. The smallest absolute Gasteiger partial charge is 0.259 e. The Bertz CT molecular complexity index is 6600. The van der Waals surface area contributed by atoms with Crippen LogP contribution in [-0.2, 0) is 0 Å². The van der Waals surface area contributed by atoms with Gasteiger partial charge in [0.15, 0.2) is 22.7 Å². The highest BCUT2D eigenvalue weighted by molar-refractivity contribution is 14.1. The zero-order valence-electron chi connectivity index (χ0n) is 62.9.